The molecule has 0 aliphatic carbocycles. The normalized spacial score (nSPS) is 11.7. The Morgan fingerprint density at radius 1 is 0.447 bits per heavy atom. The van der Waals surface area contributed by atoms with Gasteiger partial charge in [-0.15, -0.1) is 0 Å². The van der Waals surface area contributed by atoms with Crippen molar-refractivity contribution in [2.75, 3.05) is 52.4 Å². The Balaban J connectivity index is -0.0000000813. The van der Waals surface area contributed by atoms with Gasteiger partial charge in [0.2, 0.25) is 0 Å². The summed E-state index contributed by atoms with van der Waals surface area (Å²) in [6.07, 6.45) is 19.8. The fraction of sp³-hybridized carbons (Fsp3) is 0.970. The first-order valence-corrected chi connectivity index (χ1v) is 20.3. The van der Waals surface area contributed by atoms with E-state index >= 15 is 0 Å². The first kappa shape index (κ1) is 63.9. The second-order valence-electron chi connectivity index (χ2n) is 12.0. The van der Waals surface area contributed by atoms with Gasteiger partial charge in [0.05, 0.1) is 52.4 Å². The number of hydrogen-bond donors (Lipinski definition) is 0. The van der Waals surface area contributed by atoms with Gasteiger partial charge in [0, 0.05) is 20.2 Å². The molecule has 0 amide bonds. The summed E-state index contributed by atoms with van der Waals surface area (Å²) in [6.45, 7) is 30.0. The molecule has 0 aliphatic rings. The van der Waals surface area contributed by atoms with Crippen LogP contribution in [0.3, 0.4) is 0 Å². The summed E-state index contributed by atoms with van der Waals surface area (Å²) in [6, 6.07) is 0. The van der Waals surface area contributed by atoms with Crippen molar-refractivity contribution in [2.45, 2.75) is 158 Å². The molecule has 0 fully saturated rings. The van der Waals surface area contributed by atoms with Crippen molar-refractivity contribution in [3.05, 3.63) is 0 Å². The zero-order valence-electron chi connectivity index (χ0n) is 33.4. The predicted molar refractivity (Wildman–Crippen MR) is 183 cm³/mol. The van der Waals surface area contributed by atoms with Crippen LogP contribution in [0, 0.1) is 0 Å². The molecule has 9 nitrogen and oxygen atoms in total. The average molecular weight is 800 g/mol. The number of carbonyl (C=O) groups is 1. The Labute approximate surface area is 352 Å². The summed E-state index contributed by atoms with van der Waals surface area (Å²) in [4.78, 5) is 8.33. The molecule has 0 aromatic rings. The zero-order valence-corrected chi connectivity index (χ0v) is 39.6. The summed E-state index contributed by atoms with van der Waals surface area (Å²) in [7, 11) is -5.90. The number of nitrogens with zero attached hydrogens (tertiary/aromatic N) is 2. The fourth-order valence-corrected chi connectivity index (χ4v) is 5.29. The van der Waals surface area contributed by atoms with Crippen LogP contribution in [-0.2, 0) is 20.2 Å². The van der Waals surface area contributed by atoms with Crippen LogP contribution in [0.15, 0.2) is 0 Å². The molecule has 0 spiro atoms. The summed E-state index contributed by atoms with van der Waals surface area (Å²) in [5.74, 6) is 0. The van der Waals surface area contributed by atoms with Gasteiger partial charge >= 0.3 is 60.5 Å². The number of unbranched alkanes of at least 4 members (excludes halogenated alkanes) is 8. The largest absolute Gasteiger partial charge is 1.00 e. The van der Waals surface area contributed by atoms with E-state index in [1.165, 1.54) is 164 Å². The second kappa shape index (κ2) is 47.9. The number of halogens is 1. The van der Waals surface area contributed by atoms with E-state index in [9.17, 15) is 0 Å². The third-order valence-corrected chi connectivity index (χ3v) is 8.89. The molecule has 0 saturated carbocycles. The molecule has 14 heteroatoms. The van der Waals surface area contributed by atoms with Crippen LogP contribution in [0.1, 0.15) is 160 Å². The Kier molecular flexibility index (Phi) is 65.1. The van der Waals surface area contributed by atoms with Gasteiger partial charge in [0.1, 0.15) is 0 Å². The van der Waals surface area contributed by atoms with Gasteiger partial charge in [-0.3, -0.25) is 8.42 Å². The quantitative estimate of drug-likeness (QED) is 0.0425. The zero-order chi connectivity index (χ0) is 34.7. The smallest absolute Gasteiger partial charge is 1.00 e. The van der Waals surface area contributed by atoms with Crippen LogP contribution in [0.2, 0.25) is 0 Å². The Morgan fingerprint density at radius 2 is 0.553 bits per heavy atom. The van der Waals surface area contributed by atoms with Gasteiger partial charge in [-0.1, -0.05) is 107 Å². The minimum atomic E-state index is -2.95. The van der Waals surface area contributed by atoms with E-state index in [4.69, 9.17) is 32.5 Å². The third-order valence-electron chi connectivity index (χ3n) is 8.00. The monoisotopic (exact) mass is 798 g/mol. The van der Waals surface area contributed by atoms with Crippen molar-refractivity contribution in [2.24, 2.45) is 0 Å². The van der Waals surface area contributed by atoms with Crippen LogP contribution in [-0.4, -0.2) is 85.0 Å². The fourth-order valence-electron chi connectivity index (χ4n) is 5.29. The molecule has 0 N–H and O–H groups in total. The molecule has 0 radical (unpaired) electrons. The van der Waals surface area contributed by atoms with Crippen molar-refractivity contribution in [3.63, 3.8) is 0 Å². The minimum absolute atomic E-state index is 0. The van der Waals surface area contributed by atoms with E-state index in [2.05, 4.69) is 55.4 Å². The molecular weight excluding hydrogens is 726 g/mol. The van der Waals surface area contributed by atoms with Crippen molar-refractivity contribution < 1.29 is 119 Å². The Bertz CT molecular complexity index is 554. The molecule has 0 aliphatic heterocycles. The van der Waals surface area contributed by atoms with Crippen molar-refractivity contribution in [1.29, 1.82) is 0 Å². The molecule has 2 unspecified atom stereocenters. The Hall–Kier alpha value is 1.89. The summed E-state index contributed by atoms with van der Waals surface area (Å²) < 4.78 is 39.2. The van der Waals surface area contributed by atoms with Crippen LogP contribution in [0.4, 0.5) is 4.79 Å². The number of rotatable bonds is 25. The topological polar surface area (TPSA) is 143 Å². The second-order valence-corrected chi connectivity index (χ2v) is 14.4. The van der Waals surface area contributed by atoms with E-state index in [-0.39, 0.29) is 77.5 Å². The number of quaternary nitrogens is 2. The predicted octanol–water partition coefficient (Wildman–Crippen LogP) is -2.66. The van der Waals surface area contributed by atoms with Crippen LogP contribution in [0.5, 0.6) is 0 Å². The Morgan fingerprint density at radius 3 is 0.617 bits per heavy atom. The summed E-state index contributed by atoms with van der Waals surface area (Å²) in [5, 5.41) is 16.7. The van der Waals surface area contributed by atoms with E-state index in [0.29, 0.717) is 0 Å². The van der Waals surface area contributed by atoms with Crippen molar-refractivity contribution >= 4 is 26.4 Å². The maximum Gasteiger partial charge on any atom is 1.00 e. The van der Waals surface area contributed by atoms with E-state index in [0.717, 1.165) is 0 Å². The van der Waals surface area contributed by atoms with E-state index < -0.39 is 26.4 Å². The van der Waals surface area contributed by atoms with Crippen LogP contribution >= 0.6 is 0 Å². The number of carboxylic acid groups (broad SMARTS) is 2. The average Bonchev–Trinajstić information content (AvgIpc) is 3.00. The molecular formula is C33H73BrN2Na2O7S2. The third kappa shape index (κ3) is 47.9. The maximum atomic E-state index is 9.09. The first-order chi connectivity index (χ1) is 20.9. The number of hydrogen-bond acceptors (Lipinski definition) is 7. The van der Waals surface area contributed by atoms with Gasteiger partial charge in [-0.2, -0.15) is 0 Å². The molecule has 0 aromatic heterocycles. The van der Waals surface area contributed by atoms with E-state index in [1.807, 2.05) is 0 Å². The standard InChI is InChI=1S/2C16H36N.CH2O3.BrH.2Na.H2O4S2/c2*1-5-9-13-17(14-10-6-2,15-11-7-3)16-12-8-4;2-1(3)4;;;;1-5(2)6(3)4/h2*5-16H2,1-4H3;(H2,2,3,4);1H;;;(H,1,2)(H,3,4)/q2*+1;;;2*+1;/p-4. The van der Waals surface area contributed by atoms with Gasteiger partial charge < -0.3 is 50.1 Å². The van der Waals surface area contributed by atoms with Gasteiger partial charge in [0.25, 0.3) is 0 Å². The molecule has 0 heterocycles. The van der Waals surface area contributed by atoms with Crippen molar-refractivity contribution in [1.82, 2.24) is 0 Å². The SMILES string of the molecule is CCCC[N+](CCCC)(CCCC)CCCC.CCCC[N+](CCCC)(CCCC)CCCC.O=C([O-])[O-].O=S([O-])S(=O)[O-].[Br-].[H+].[Na+].[Na+]. The van der Waals surface area contributed by atoms with Gasteiger partial charge in [-0.05, 0) is 57.5 Å². The van der Waals surface area contributed by atoms with Crippen LogP contribution in [0.25, 0.3) is 0 Å². The summed E-state index contributed by atoms with van der Waals surface area (Å²) in [5.41, 5.74) is 0. The molecule has 0 bridgehead atoms. The maximum absolute atomic E-state index is 9.09. The van der Waals surface area contributed by atoms with Crippen LogP contribution < -0.4 is 86.3 Å². The molecule has 0 aromatic carbocycles. The van der Waals surface area contributed by atoms with E-state index in [1.54, 1.807) is 0 Å². The molecule has 0 rings (SSSR count). The number of carbonyl (C=O) groups excluding carboxylic acids is 1. The minimum Gasteiger partial charge on any atom is -1.00 e. The molecule has 278 valence electrons. The van der Waals surface area contributed by atoms with Crippen molar-refractivity contribution in [3.8, 4) is 0 Å². The molecule has 0 saturated heterocycles. The summed E-state index contributed by atoms with van der Waals surface area (Å²) >= 11 is 0. The molecule has 47 heavy (non-hydrogen) atoms. The van der Waals surface area contributed by atoms with Gasteiger partial charge in [-0.25, -0.2) is 0 Å². The molecule has 2 atom stereocenters. The first-order valence-electron chi connectivity index (χ1n) is 17.6. The van der Waals surface area contributed by atoms with Gasteiger partial charge in [0.15, 0.2) is 0 Å².